The molecule has 0 amide bonds. The Balaban J connectivity index is 2.18. The highest BCUT2D eigenvalue weighted by atomic mass is 127. The zero-order valence-electron chi connectivity index (χ0n) is 10.8. The summed E-state index contributed by atoms with van der Waals surface area (Å²) >= 11 is 7.68. The average molecular weight is 431 g/mol. The van der Waals surface area contributed by atoms with Crippen LogP contribution in [-0.2, 0) is 10.9 Å². The van der Waals surface area contributed by atoms with Crippen molar-refractivity contribution in [2.45, 2.75) is 31.7 Å². The SMILES string of the molecule is FC(F)(F)c1cc2c(cnn2C2CCCCO2)c(I)c1Cl. The molecule has 3 rings (SSSR count). The molecule has 1 fully saturated rings. The largest absolute Gasteiger partial charge is 0.417 e. The first-order valence-corrected chi connectivity index (χ1v) is 7.89. The Labute approximate surface area is 137 Å². The number of fused-ring (bicyclic) bond motifs is 1. The molecule has 114 valence electrons. The third kappa shape index (κ3) is 2.75. The molecule has 0 spiro atoms. The molecule has 0 bridgehead atoms. The number of alkyl halides is 3. The summed E-state index contributed by atoms with van der Waals surface area (Å²) in [6.07, 6.45) is -0.573. The Hall–Kier alpha value is -0.540. The molecular weight excluding hydrogens is 420 g/mol. The van der Waals surface area contributed by atoms with Gasteiger partial charge in [0.05, 0.1) is 22.3 Å². The summed E-state index contributed by atoms with van der Waals surface area (Å²) in [6, 6.07) is 1.06. The summed E-state index contributed by atoms with van der Waals surface area (Å²) in [5, 5.41) is 4.54. The summed E-state index contributed by atoms with van der Waals surface area (Å²) in [4.78, 5) is 0. The molecule has 21 heavy (non-hydrogen) atoms. The molecule has 3 nitrogen and oxygen atoms in total. The number of benzene rings is 1. The summed E-state index contributed by atoms with van der Waals surface area (Å²) in [6.45, 7) is 0.600. The first-order valence-electron chi connectivity index (χ1n) is 6.43. The van der Waals surface area contributed by atoms with Gasteiger partial charge >= 0.3 is 6.18 Å². The monoisotopic (exact) mass is 430 g/mol. The Bertz CT molecular complexity index is 680. The van der Waals surface area contributed by atoms with Gasteiger partial charge in [-0.1, -0.05) is 11.6 Å². The highest BCUT2D eigenvalue weighted by Gasteiger charge is 2.35. The molecule has 1 atom stereocenters. The van der Waals surface area contributed by atoms with Crippen LogP contribution >= 0.6 is 34.2 Å². The molecule has 1 aromatic carbocycles. The maximum absolute atomic E-state index is 13.1. The van der Waals surface area contributed by atoms with E-state index in [1.165, 1.54) is 4.68 Å². The molecule has 0 saturated carbocycles. The lowest BCUT2D eigenvalue weighted by atomic mass is 10.1. The second-order valence-electron chi connectivity index (χ2n) is 4.89. The predicted molar refractivity (Wildman–Crippen MR) is 81.3 cm³/mol. The first-order chi connectivity index (χ1) is 9.89. The number of halogens is 5. The van der Waals surface area contributed by atoms with Crippen molar-refractivity contribution < 1.29 is 17.9 Å². The summed E-state index contributed by atoms with van der Waals surface area (Å²) in [7, 11) is 0. The van der Waals surface area contributed by atoms with Gasteiger partial charge in [-0.15, -0.1) is 0 Å². The number of aromatic nitrogens is 2. The van der Waals surface area contributed by atoms with Crippen LogP contribution in [0.5, 0.6) is 0 Å². The Morgan fingerprint density at radius 1 is 1.38 bits per heavy atom. The Kier molecular flexibility index (Phi) is 4.08. The van der Waals surface area contributed by atoms with Crippen LogP contribution in [0.1, 0.15) is 31.1 Å². The van der Waals surface area contributed by atoms with E-state index >= 15 is 0 Å². The van der Waals surface area contributed by atoms with Crippen LogP contribution in [0.3, 0.4) is 0 Å². The maximum Gasteiger partial charge on any atom is 0.417 e. The second kappa shape index (κ2) is 5.58. The molecule has 1 aromatic heterocycles. The van der Waals surface area contributed by atoms with Crippen LogP contribution in [0.4, 0.5) is 13.2 Å². The van der Waals surface area contributed by atoms with Crippen molar-refractivity contribution in [3.63, 3.8) is 0 Å². The lowest BCUT2D eigenvalue weighted by molar-refractivity contribution is -0.137. The number of rotatable bonds is 1. The third-order valence-electron chi connectivity index (χ3n) is 3.51. The highest BCUT2D eigenvalue weighted by Crippen LogP contribution is 2.41. The van der Waals surface area contributed by atoms with E-state index < -0.39 is 11.7 Å². The van der Waals surface area contributed by atoms with E-state index in [4.69, 9.17) is 16.3 Å². The Morgan fingerprint density at radius 3 is 2.76 bits per heavy atom. The number of hydrogen-bond acceptors (Lipinski definition) is 2. The summed E-state index contributed by atoms with van der Waals surface area (Å²) < 4.78 is 46.8. The van der Waals surface area contributed by atoms with Crippen LogP contribution in [0.15, 0.2) is 12.3 Å². The molecule has 0 N–H and O–H groups in total. The molecule has 1 unspecified atom stereocenters. The fourth-order valence-corrected chi connectivity index (χ4v) is 3.44. The van der Waals surface area contributed by atoms with Gasteiger partial charge in [-0.05, 0) is 47.9 Å². The summed E-state index contributed by atoms with van der Waals surface area (Å²) in [5.41, 5.74) is -0.429. The predicted octanol–water partition coefficient (Wildman–Crippen LogP) is 5.01. The highest BCUT2D eigenvalue weighted by molar-refractivity contribution is 14.1. The lowest BCUT2D eigenvalue weighted by Gasteiger charge is -2.23. The molecule has 2 aromatic rings. The smallest absolute Gasteiger partial charge is 0.356 e. The van der Waals surface area contributed by atoms with Crippen molar-refractivity contribution in [1.29, 1.82) is 0 Å². The minimum Gasteiger partial charge on any atom is -0.356 e. The molecule has 2 heterocycles. The summed E-state index contributed by atoms with van der Waals surface area (Å²) in [5.74, 6) is 0. The zero-order chi connectivity index (χ0) is 15.2. The molecule has 8 heteroatoms. The van der Waals surface area contributed by atoms with Gasteiger partial charge in [0, 0.05) is 15.6 Å². The van der Waals surface area contributed by atoms with Crippen molar-refractivity contribution in [2.24, 2.45) is 0 Å². The van der Waals surface area contributed by atoms with E-state index in [0.717, 1.165) is 25.3 Å². The van der Waals surface area contributed by atoms with E-state index in [-0.39, 0.29) is 11.3 Å². The van der Waals surface area contributed by atoms with Crippen LogP contribution < -0.4 is 0 Å². The molecule has 0 radical (unpaired) electrons. The topological polar surface area (TPSA) is 27.1 Å². The standard InChI is InChI=1S/C13H11ClF3IN2O/c14-11-8(13(15,16)17)5-9-7(12(11)18)6-19-20(9)10-3-1-2-4-21-10/h5-6,10H,1-4H2. The van der Waals surface area contributed by atoms with Crippen molar-refractivity contribution in [2.75, 3.05) is 6.61 Å². The number of nitrogens with zero attached hydrogens (tertiary/aromatic N) is 2. The first kappa shape index (κ1) is 15.4. The van der Waals surface area contributed by atoms with Crippen molar-refractivity contribution in [1.82, 2.24) is 9.78 Å². The minimum atomic E-state index is -4.49. The van der Waals surface area contributed by atoms with E-state index in [1.807, 2.05) is 22.6 Å². The van der Waals surface area contributed by atoms with Crippen LogP contribution in [0, 0.1) is 3.57 Å². The molecular formula is C13H11ClF3IN2O. The van der Waals surface area contributed by atoms with Gasteiger partial charge in [0.15, 0.2) is 6.23 Å². The average Bonchev–Trinajstić information content (AvgIpc) is 2.86. The second-order valence-corrected chi connectivity index (χ2v) is 6.35. The fourth-order valence-electron chi connectivity index (χ4n) is 2.47. The van der Waals surface area contributed by atoms with Crippen LogP contribution in [-0.4, -0.2) is 16.4 Å². The fraction of sp³-hybridized carbons (Fsp3) is 0.462. The van der Waals surface area contributed by atoms with Gasteiger partial charge in [-0.3, -0.25) is 0 Å². The quantitative estimate of drug-likeness (QED) is 0.595. The van der Waals surface area contributed by atoms with Gasteiger partial charge in [0.2, 0.25) is 0 Å². The van der Waals surface area contributed by atoms with Crippen molar-refractivity contribution in [3.8, 4) is 0 Å². The van der Waals surface area contributed by atoms with E-state index in [1.54, 1.807) is 6.20 Å². The van der Waals surface area contributed by atoms with Gasteiger partial charge in [-0.2, -0.15) is 18.3 Å². The van der Waals surface area contributed by atoms with Crippen LogP contribution in [0.25, 0.3) is 10.9 Å². The van der Waals surface area contributed by atoms with E-state index in [2.05, 4.69) is 5.10 Å². The van der Waals surface area contributed by atoms with Gasteiger partial charge in [-0.25, -0.2) is 4.68 Å². The maximum atomic E-state index is 13.1. The van der Waals surface area contributed by atoms with E-state index in [9.17, 15) is 13.2 Å². The minimum absolute atomic E-state index is 0.278. The molecule has 1 saturated heterocycles. The number of ether oxygens (including phenoxy) is 1. The Morgan fingerprint density at radius 2 is 2.14 bits per heavy atom. The van der Waals surface area contributed by atoms with E-state index in [0.29, 0.717) is 21.1 Å². The molecule has 1 aliphatic heterocycles. The third-order valence-corrected chi connectivity index (χ3v) is 5.35. The number of hydrogen-bond donors (Lipinski definition) is 0. The molecule has 1 aliphatic rings. The van der Waals surface area contributed by atoms with Crippen molar-refractivity contribution in [3.05, 3.63) is 26.4 Å². The van der Waals surface area contributed by atoms with Gasteiger partial charge < -0.3 is 4.74 Å². The van der Waals surface area contributed by atoms with Gasteiger partial charge in [0.1, 0.15) is 0 Å². The van der Waals surface area contributed by atoms with Crippen molar-refractivity contribution >= 4 is 45.1 Å². The zero-order valence-corrected chi connectivity index (χ0v) is 13.7. The lowest BCUT2D eigenvalue weighted by Crippen LogP contribution is -2.19. The normalized spacial score (nSPS) is 20.1. The molecule has 0 aliphatic carbocycles. The van der Waals surface area contributed by atoms with Gasteiger partial charge in [0.25, 0.3) is 0 Å². The van der Waals surface area contributed by atoms with Crippen LogP contribution in [0.2, 0.25) is 5.02 Å².